The van der Waals surface area contributed by atoms with Crippen molar-refractivity contribution in [2.24, 2.45) is 0 Å². The second-order valence-electron chi connectivity index (χ2n) is 4.42. The molecule has 100 valence electrons. The third kappa shape index (κ3) is 1.97. The SMILES string of the molecule is Cc1cc(-n2[nH]c(-c3ccccc3)c(N)c2=O)ncn1. The minimum absolute atomic E-state index is 0.174. The molecule has 0 aliphatic heterocycles. The number of nitrogens with zero attached hydrogens (tertiary/aromatic N) is 3. The molecule has 2 aromatic heterocycles. The Hall–Kier alpha value is -2.89. The largest absolute Gasteiger partial charge is 0.392 e. The summed E-state index contributed by atoms with van der Waals surface area (Å²) >= 11 is 0. The summed E-state index contributed by atoms with van der Waals surface area (Å²) < 4.78 is 1.33. The van der Waals surface area contributed by atoms with Crippen molar-refractivity contribution in [3.05, 3.63) is 58.8 Å². The van der Waals surface area contributed by atoms with E-state index in [9.17, 15) is 4.79 Å². The molecule has 0 aliphatic rings. The summed E-state index contributed by atoms with van der Waals surface area (Å²) in [5.74, 6) is 0.469. The van der Waals surface area contributed by atoms with Gasteiger partial charge in [0.15, 0.2) is 5.82 Å². The Morgan fingerprint density at radius 3 is 2.65 bits per heavy atom. The van der Waals surface area contributed by atoms with Gasteiger partial charge >= 0.3 is 0 Å². The molecule has 3 N–H and O–H groups in total. The molecule has 0 radical (unpaired) electrons. The van der Waals surface area contributed by atoms with Crippen LogP contribution in [-0.4, -0.2) is 19.7 Å². The van der Waals surface area contributed by atoms with Gasteiger partial charge in [-0.1, -0.05) is 30.3 Å². The minimum atomic E-state index is -0.318. The van der Waals surface area contributed by atoms with Crippen LogP contribution >= 0.6 is 0 Å². The molecule has 6 heteroatoms. The molecule has 0 saturated heterocycles. The van der Waals surface area contributed by atoms with Gasteiger partial charge in [0.2, 0.25) is 0 Å². The van der Waals surface area contributed by atoms with Gasteiger partial charge in [0, 0.05) is 17.3 Å². The first-order chi connectivity index (χ1) is 9.66. The standard InChI is InChI=1S/C14H13N5O/c1-9-7-11(17-8-16-9)19-14(20)12(15)13(18-19)10-5-3-2-4-6-10/h2-8,18H,15H2,1H3. The quantitative estimate of drug-likeness (QED) is 0.736. The highest BCUT2D eigenvalue weighted by molar-refractivity contribution is 5.72. The fourth-order valence-electron chi connectivity index (χ4n) is 2.00. The first-order valence-electron chi connectivity index (χ1n) is 6.12. The number of hydrogen-bond donors (Lipinski definition) is 2. The number of aromatic amines is 1. The van der Waals surface area contributed by atoms with E-state index in [0.717, 1.165) is 11.3 Å². The van der Waals surface area contributed by atoms with E-state index in [1.165, 1.54) is 11.0 Å². The number of rotatable bonds is 2. The van der Waals surface area contributed by atoms with Crippen LogP contribution in [0.3, 0.4) is 0 Å². The van der Waals surface area contributed by atoms with Crippen molar-refractivity contribution in [1.29, 1.82) is 0 Å². The summed E-state index contributed by atoms with van der Waals surface area (Å²) in [5.41, 5.74) is 7.98. The zero-order chi connectivity index (χ0) is 14.1. The Bertz CT molecular complexity index is 804. The Labute approximate surface area is 114 Å². The lowest BCUT2D eigenvalue weighted by molar-refractivity contribution is 0.812. The van der Waals surface area contributed by atoms with Gasteiger partial charge in [0.25, 0.3) is 5.56 Å². The summed E-state index contributed by atoms with van der Waals surface area (Å²) in [6.07, 6.45) is 1.41. The van der Waals surface area contributed by atoms with Crippen LogP contribution < -0.4 is 11.3 Å². The molecule has 2 heterocycles. The van der Waals surface area contributed by atoms with E-state index in [1.807, 2.05) is 37.3 Å². The van der Waals surface area contributed by atoms with Gasteiger partial charge in [-0.15, -0.1) is 0 Å². The predicted octanol–water partition coefficient (Wildman–Crippen LogP) is 1.51. The van der Waals surface area contributed by atoms with Crippen LogP contribution in [0.25, 0.3) is 17.1 Å². The number of benzene rings is 1. The normalized spacial score (nSPS) is 10.7. The Balaban J connectivity index is 2.18. The van der Waals surface area contributed by atoms with Crippen molar-refractivity contribution in [3.8, 4) is 17.1 Å². The molecule has 3 aromatic rings. The van der Waals surface area contributed by atoms with E-state index in [1.54, 1.807) is 6.07 Å². The highest BCUT2D eigenvalue weighted by atomic mass is 16.1. The number of nitrogens with two attached hydrogens (primary N) is 1. The number of nitrogen functional groups attached to an aromatic ring is 1. The highest BCUT2D eigenvalue weighted by Gasteiger charge is 2.14. The van der Waals surface area contributed by atoms with Crippen LogP contribution in [0.15, 0.2) is 47.5 Å². The minimum Gasteiger partial charge on any atom is -0.392 e. The Morgan fingerprint density at radius 1 is 1.20 bits per heavy atom. The zero-order valence-corrected chi connectivity index (χ0v) is 10.9. The fraction of sp³-hybridized carbons (Fsp3) is 0.0714. The van der Waals surface area contributed by atoms with Crippen molar-refractivity contribution >= 4 is 5.69 Å². The maximum absolute atomic E-state index is 12.2. The van der Waals surface area contributed by atoms with E-state index < -0.39 is 0 Å². The molecule has 0 amide bonds. The lowest BCUT2D eigenvalue weighted by Gasteiger charge is -2.01. The smallest absolute Gasteiger partial charge is 0.296 e. The summed E-state index contributed by atoms with van der Waals surface area (Å²) in [5, 5.41) is 3.00. The maximum Gasteiger partial charge on any atom is 0.296 e. The van der Waals surface area contributed by atoms with E-state index in [2.05, 4.69) is 15.1 Å². The third-order valence-electron chi connectivity index (χ3n) is 3.01. The molecule has 0 spiro atoms. The molecule has 0 saturated carbocycles. The van der Waals surface area contributed by atoms with Crippen LogP contribution in [-0.2, 0) is 0 Å². The van der Waals surface area contributed by atoms with Gasteiger partial charge < -0.3 is 5.73 Å². The summed E-state index contributed by atoms with van der Waals surface area (Å²) in [7, 11) is 0. The van der Waals surface area contributed by atoms with Gasteiger partial charge in [-0.05, 0) is 6.92 Å². The predicted molar refractivity (Wildman–Crippen MR) is 76.6 cm³/mol. The first kappa shape index (κ1) is 12.2. The second-order valence-corrected chi connectivity index (χ2v) is 4.42. The Kier molecular flexibility index (Phi) is 2.83. The molecule has 0 fully saturated rings. The van der Waals surface area contributed by atoms with E-state index in [-0.39, 0.29) is 11.2 Å². The van der Waals surface area contributed by atoms with Crippen LogP contribution in [0.2, 0.25) is 0 Å². The molecular weight excluding hydrogens is 254 g/mol. The molecule has 0 bridgehead atoms. The maximum atomic E-state index is 12.2. The van der Waals surface area contributed by atoms with E-state index >= 15 is 0 Å². The molecule has 1 aromatic carbocycles. The number of nitrogens with one attached hydrogen (secondary N) is 1. The number of H-pyrrole nitrogens is 1. The summed E-state index contributed by atoms with van der Waals surface area (Å²) in [6, 6.07) is 11.2. The lowest BCUT2D eigenvalue weighted by atomic mass is 10.1. The van der Waals surface area contributed by atoms with Crippen molar-refractivity contribution < 1.29 is 0 Å². The van der Waals surface area contributed by atoms with Gasteiger partial charge in [-0.2, -0.15) is 4.68 Å². The van der Waals surface area contributed by atoms with Gasteiger partial charge in [-0.25, -0.2) is 9.97 Å². The summed E-state index contributed by atoms with van der Waals surface area (Å²) in [4.78, 5) is 20.3. The molecule has 0 atom stereocenters. The van der Waals surface area contributed by atoms with Crippen LogP contribution in [0.1, 0.15) is 5.69 Å². The molecule has 3 rings (SSSR count). The topological polar surface area (TPSA) is 89.6 Å². The molecule has 6 nitrogen and oxygen atoms in total. The molecule has 20 heavy (non-hydrogen) atoms. The monoisotopic (exact) mass is 267 g/mol. The Morgan fingerprint density at radius 2 is 1.95 bits per heavy atom. The molecular formula is C14H13N5O. The van der Waals surface area contributed by atoms with Crippen molar-refractivity contribution in [2.75, 3.05) is 5.73 Å². The average molecular weight is 267 g/mol. The van der Waals surface area contributed by atoms with Crippen LogP contribution in [0.4, 0.5) is 5.69 Å². The molecule has 0 aliphatic carbocycles. The van der Waals surface area contributed by atoms with E-state index in [0.29, 0.717) is 11.5 Å². The van der Waals surface area contributed by atoms with Crippen molar-refractivity contribution in [3.63, 3.8) is 0 Å². The number of hydrogen-bond acceptors (Lipinski definition) is 4. The zero-order valence-electron chi connectivity index (χ0n) is 10.9. The van der Waals surface area contributed by atoms with Crippen molar-refractivity contribution in [2.45, 2.75) is 6.92 Å². The number of anilines is 1. The fourth-order valence-corrected chi connectivity index (χ4v) is 2.00. The highest BCUT2D eigenvalue weighted by Crippen LogP contribution is 2.21. The second kappa shape index (κ2) is 4.65. The van der Waals surface area contributed by atoms with Gasteiger partial charge in [0.05, 0.1) is 5.69 Å². The van der Waals surface area contributed by atoms with Crippen molar-refractivity contribution in [1.82, 2.24) is 19.7 Å². The van der Waals surface area contributed by atoms with Gasteiger partial charge in [-0.3, -0.25) is 9.89 Å². The average Bonchev–Trinajstić information content (AvgIpc) is 2.76. The van der Waals surface area contributed by atoms with Crippen LogP contribution in [0, 0.1) is 6.92 Å². The van der Waals surface area contributed by atoms with E-state index in [4.69, 9.17) is 5.73 Å². The molecule has 0 unspecified atom stereocenters. The third-order valence-corrected chi connectivity index (χ3v) is 3.01. The summed E-state index contributed by atoms with van der Waals surface area (Å²) in [6.45, 7) is 1.83. The first-order valence-corrected chi connectivity index (χ1v) is 6.12. The number of aromatic nitrogens is 4. The van der Waals surface area contributed by atoms with Crippen LogP contribution in [0.5, 0.6) is 0 Å². The lowest BCUT2D eigenvalue weighted by Crippen LogP contribution is -2.18. The number of aryl methyl sites for hydroxylation is 1. The van der Waals surface area contributed by atoms with Gasteiger partial charge in [0.1, 0.15) is 12.0 Å².